The third kappa shape index (κ3) is 9.43. The molecule has 0 saturated carbocycles. The summed E-state index contributed by atoms with van der Waals surface area (Å²) < 4.78 is 46.0. The first kappa shape index (κ1) is 35.2. The summed E-state index contributed by atoms with van der Waals surface area (Å²) in [5.74, 6) is 0.153. The molecule has 1 saturated heterocycles. The summed E-state index contributed by atoms with van der Waals surface area (Å²) in [6.07, 6.45) is -3.71. The molecular weight excluding hydrogens is 613 g/mol. The number of carbonyl (C=O) groups excluding carboxylic acids is 3. The number of halogens is 3. The third-order valence-corrected chi connectivity index (χ3v) is 7.58. The summed E-state index contributed by atoms with van der Waals surface area (Å²) in [4.78, 5) is 50.1. The minimum absolute atomic E-state index is 0.00208. The van der Waals surface area contributed by atoms with Gasteiger partial charge in [-0.05, 0) is 68.1 Å². The first-order valence-corrected chi connectivity index (χ1v) is 15.5. The van der Waals surface area contributed by atoms with Crippen LogP contribution in [0.3, 0.4) is 0 Å². The van der Waals surface area contributed by atoms with Gasteiger partial charge in [0.2, 0.25) is 11.7 Å². The second kappa shape index (κ2) is 14.4. The van der Waals surface area contributed by atoms with E-state index in [9.17, 15) is 27.6 Å². The fourth-order valence-electron chi connectivity index (χ4n) is 5.11. The van der Waals surface area contributed by atoms with Crippen LogP contribution in [-0.2, 0) is 22.3 Å². The maximum Gasteiger partial charge on any atom is 0.416 e. The summed E-state index contributed by atoms with van der Waals surface area (Å²) in [5.41, 5.74) is 0.457. The van der Waals surface area contributed by atoms with Crippen LogP contribution < -0.4 is 15.5 Å². The molecule has 3 amide bonds. The molecule has 1 aliphatic heterocycles. The summed E-state index contributed by atoms with van der Waals surface area (Å²) in [6, 6.07) is 11.4. The van der Waals surface area contributed by atoms with Gasteiger partial charge in [0.15, 0.2) is 0 Å². The summed E-state index contributed by atoms with van der Waals surface area (Å²) in [5, 5.41) is 5.49. The van der Waals surface area contributed by atoms with Gasteiger partial charge in [0, 0.05) is 44.8 Å². The van der Waals surface area contributed by atoms with Crippen LogP contribution in [0, 0.1) is 5.92 Å². The number of nitrogens with zero attached hydrogens (tertiary/aromatic N) is 4. The minimum atomic E-state index is -4.55. The van der Waals surface area contributed by atoms with Gasteiger partial charge in [0.25, 0.3) is 5.91 Å². The van der Waals surface area contributed by atoms with E-state index in [0.29, 0.717) is 54.3 Å². The maximum absolute atomic E-state index is 13.6. The van der Waals surface area contributed by atoms with Gasteiger partial charge in [-0.3, -0.25) is 9.59 Å². The van der Waals surface area contributed by atoms with E-state index in [4.69, 9.17) is 4.74 Å². The van der Waals surface area contributed by atoms with Crippen molar-refractivity contribution in [3.05, 3.63) is 77.2 Å². The SMILES string of the molecule is CC(C)C(=O)N1CCN(c2ccnc(C(=O)N[C@@H](C)c3ccc(-c4cc(C(F)(F)F)ccc4CNC(=O)OC(C)(C)C)cc3)n2)CC1. The molecule has 0 radical (unpaired) electrons. The number of benzene rings is 2. The molecule has 0 spiro atoms. The molecule has 252 valence electrons. The molecule has 47 heavy (non-hydrogen) atoms. The Kier molecular flexibility index (Phi) is 10.8. The molecule has 2 N–H and O–H groups in total. The smallest absolute Gasteiger partial charge is 0.416 e. The molecule has 1 aromatic heterocycles. The monoisotopic (exact) mass is 654 g/mol. The van der Waals surface area contributed by atoms with Crippen molar-refractivity contribution in [1.82, 2.24) is 25.5 Å². The lowest BCUT2D eigenvalue weighted by Gasteiger charge is -2.36. The van der Waals surface area contributed by atoms with Gasteiger partial charge in [-0.2, -0.15) is 13.2 Å². The van der Waals surface area contributed by atoms with Crippen LogP contribution >= 0.6 is 0 Å². The van der Waals surface area contributed by atoms with Crippen LogP contribution in [0.1, 0.15) is 74.9 Å². The predicted octanol–water partition coefficient (Wildman–Crippen LogP) is 5.98. The van der Waals surface area contributed by atoms with E-state index in [2.05, 4.69) is 20.6 Å². The average Bonchev–Trinajstić information content (AvgIpc) is 3.02. The van der Waals surface area contributed by atoms with Crippen molar-refractivity contribution in [3.63, 3.8) is 0 Å². The summed E-state index contributed by atoms with van der Waals surface area (Å²) in [6.45, 7) is 12.9. The van der Waals surface area contributed by atoms with Crippen molar-refractivity contribution in [3.8, 4) is 11.1 Å². The highest BCUT2D eigenvalue weighted by Crippen LogP contribution is 2.34. The topological polar surface area (TPSA) is 117 Å². The number of alkyl halides is 3. The first-order chi connectivity index (χ1) is 22.0. The molecular formula is C34H41F3N6O4. The van der Waals surface area contributed by atoms with Crippen molar-refractivity contribution < 1.29 is 32.3 Å². The van der Waals surface area contributed by atoms with Gasteiger partial charge in [-0.15, -0.1) is 0 Å². The van der Waals surface area contributed by atoms with Gasteiger partial charge in [-0.25, -0.2) is 14.8 Å². The Hall–Kier alpha value is -4.68. The lowest BCUT2D eigenvalue weighted by Crippen LogP contribution is -2.50. The highest BCUT2D eigenvalue weighted by Gasteiger charge is 2.31. The van der Waals surface area contributed by atoms with Gasteiger partial charge in [-0.1, -0.05) is 44.2 Å². The third-order valence-electron chi connectivity index (χ3n) is 7.58. The molecule has 0 bridgehead atoms. The number of alkyl carbamates (subject to hydrolysis) is 1. The van der Waals surface area contributed by atoms with E-state index < -0.39 is 35.4 Å². The Bertz CT molecular complexity index is 1580. The van der Waals surface area contributed by atoms with E-state index in [1.165, 1.54) is 12.3 Å². The Balaban J connectivity index is 1.45. The number of rotatable bonds is 8. The number of carbonyl (C=O) groups is 3. The van der Waals surface area contributed by atoms with Gasteiger partial charge in [0.05, 0.1) is 11.6 Å². The maximum atomic E-state index is 13.6. The first-order valence-electron chi connectivity index (χ1n) is 15.5. The standard InChI is InChI=1S/C34H41F3N6O4/c1-21(2)31(45)43-17-15-42(16-18-43)28-13-14-38-29(41-28)30(44)40-22(3)23-7-9-24(10-8-23)27-19-26(34(35,36)37)12-11-25(27)20-39-32(46)47-33(4,5)6/h7-14,19,21-22H,15-18,20H2,1-6H3,(H,39,46)(H,40,44)/t22-/m0/s1. The highest BCUT2D eigenvalue weighted by atomic mass is 19.4. The molecule has 1 fully saturated rings. The summed E-state index contributed by atoms with van der Waals surface area (Å²) >= 11 is 0. The fourth-order valence-corrected chi connectivity index (χ4v) is 5.11. The number of ether oxygens (including phenoxy) is 1. The van der Waals surface area contributed by atoms with Crippen LogP contribution in [-0.4, -0.2) is 64.6 Å². The lowest BCUT2D eigenvalue weighted by molar-refractivity contribution is -0.137. The van der Waals surface area contributed by atoms with E-state index >= 15 is 0 Å². The fraction of sp³-hybridized carbons (Fsp3) is 0.441. The van der Waals surface area contributed by atoms with Crippen molar-refractivity contribution >= 4 is 23.7 Å². The number of aromatic nitrogens is 2. The molecule has 0 aliphatic carbocycles. The van der Waals surface area contributed by atoms with Crippen molar-refractivity contribution in [2.45, 2.75) is 65.9 Å². The number of piperazine rings is 1. The Morgan fingerprint density at radius 3 is 2.19 bits per heavy atom. The zero-order valence-corrected chi connectivity index (χ0v) is 27.4. The molecule has 10 nitrogen and oxygen atoms in total. The van der Waals surface area contributed by atoms with E-state index in [-0.39, 0.29) is 24.2 Å². The zero-order valence-electron chi connectivity index (χ0n) is 27.4. The van der Waals surface area contributed by atoms with Crippen molar-refractivity contribution in [1.29, 1.82) is 0 Å². The molecule has 1 atom stereocenters. The Labute approximate surface area is 272 Å². The Morgan fingerprint density at radius 1 is 0.936 bits per heavy atom. The van der Waals surface area contributed by atoms with E-state index in [1.54, 1.807) is 58.0 Å². The highest BCUT2D eigenvalue weighted by molar-refractivity contribution is 5.91. The van der Waals surface area contributed by atoms with E-state index in [0.717, 1.165) is 12.1 Å². The number of nitrogens with one attached hydrogen (secondary N) is 2. The number of hydrogen-bond acceptors (Lipinski definition) is 7. The number of amides is 3. The van der Waals surface area contributed by atoms with Crippen LogP contribution in [0.2, 0.25) is 0 Å². The molecule has 13 heteroatoms. The number of hydrogen-bond donors (Lipinski definition) is 2. The van der Waals surface area contributed by atoms with Crippen LogP contribution in [0.15, 0.2) is 54.7 Å². The van der Waals surface area contributed by atoms with E-state index in [1.807, 2.05) is 23.6 Å². The van der Waals surface area contributed by atoms with Crippen LogP contribution in [0.5, 0.6) is 0 Å². The van der Waals surface area contributed by atoms with Gasteiger partial charge >= 0.3 is 12.3 Å². The second-order valence-corrected chi connectivity index (χ2v) is 12.7. The van der Waals surface area contributed by atoms with Gasteiger partial charge < -0.3 is 25.2 Å². The Morgan fingerprint density at radius 2 is 1.60 bits per heavy atom. The number of anilines is 1. The predicted molar refractivity (Wildman–Crippen MR) is 171 cm³/mol. The van der Waals surface area contributed by atoms with Crippen LogP contribution in [0.4, 0.5) is 23.8 Å². The quantitative estimate of drug-likeness (QED) is 0.307. The summed E-state index contributed by atoms with van der Waals surface area (Å²) in [7, 11) is 0. The molecule has 4 rings (SSSR count). The lowest BCUT2D eigenvalue weighted by atomic mass is 9.95. The second-order valence-electron chi connectivity index (χ2n) is 12.7. The largest absolute Gasteiger partial charge is 0.444 e. The van der Waals surface area contributed by atoms with Gasteiger partial charge in [0.1, 0.15) is 11.4 Å². The molecule has 3 aromatic rings. The minimum Gasteiger partial charge on any atom is -0.444 e. The molecule has 1 aliphatic rings. The van der Waals surface area contributed by atoms with Crippen LogP contribution in [0.25, 0.3) is 11.1 Å². The normalized spacial score (nSPS) is 14.5. The van der Waals surface area contributed by atoms with Crippen molar-refractivity contribution in [2.24, 2.45) is 5.92 Å². The average molecular weight is 655 g/mol. The molecule has 0 unspecified atom stereocenters. The molecule has 2 aromatic carbocycles. The zero-order chi connectivity index (χ0) is 34.5. The van der Waals surface area contributed by atoms with Crippen molar-refractivity contribution in [2.75, 3.05) is 31.1 Å². The molecule has 2 heterocycles.